The molecule has 1 atom stereocenters. The number of hydrogen-bond donors (Lipinski definition) is 2. The fourth-order valence-corrected chi connectivity index (χ4v) is 2.49. The number of sulfonamides is 1. The van der Waals surface area contributed by atoms with Gasteiger partial charge in [-0.2, -0.15) is 0 Å². The summed E-state index contributed by atoms with van der Waals surface area (Å²) in [5, 5.41) is 14.8. The Kier molecular flexibility index (Phi) is 4.13. The summed E-state index contributed by atoms with van der Waals surface area (Å²) >= 11 is 8.76. The molecule has 1 aromatic rings. The van der Waals surface area contributed by atoms with E-state index < -0.39 is 16.1 Å². The smallest absolute Gasteiger partial charge is 0.239 e. The predicted octanol–water partition coefficient (Wildman–Crippen LogP) is 1.42. The molecule has 0 saturated heterocycles. The van der Waals surface area contributed by atoms with Crippen LogP contribution in [0.15, 0.2) is 23.1 Å². The topological polar surface area (TPSA) is 80.4 Å². The molecule has 0 amide bonds. The summed E-state index contributed by atoms with van der Waals surface area (Å²) in [6.45, 7) is 0. The average molecular weight is 315 g/mol. The van der Waals surface area contributed by atoms with Gasteiger partial charge in [-0.25, -0.2) is 13.6 Å². The molecule has 4 nitrogen and oxygen atoms in total. The molecule has 1 unspecified atom stereocenters. The molecule has 0 fully saturated rings. The lowest BCUT2D eigenvalue weighted by Crippen LogP contribution is -2.13. The van der Waals surface area contributed by atoms with Crippen molar-refractivity contribution in [1.29, 1.82) is 0 Å². The number of nitrogens with two attached hydrogens (primary N) is 1. The maximum Gasteiger partial charge on any atom is 0.239 e. The maximum atomic E-state index is 11.1. The molecule has 7 heteroatoms. The highest BCUT2D eigenvalue weighted by atomic mass is 79.9. The Hall–Kier alpha value is -0.140. The summed E-state index contributed by atoms with van der Waals surface area (Å²) in [7, 11) is -3.86. The molecule has 1 aromatic carbocycles. The molecule has 84 valence electrons. The van der Waals surface area contributed by atoms with E-state index in [4.69, 9.17) is 16.7 Å². The number of primary sulfonamides is 1. The third-order valence-electron chi connectivity index (χ3n) is 1.79. The van der Waals surface area contributed by atoms with Gasteiger partial charge >= 0.3 is 0 Å². The average Bonchev–Trinajstić information content (AvgIpc) is 2.15. The number of aliphatic hydroxyl groups is 1. The lowest BCUT2D eigenvalue weighted by Gasteiger charge is -2.09. The molecule has 3 N–H and O–H groups in total. The van der Waals surface area contributed by atoms with E-state index in [0.717, 1.165) is 0 Å². The zero-order valence-corrected chi connectivity index (χ0v) is 10.7. The highest BCUT2D eigenvalue weighted by Gasteiger charge is 2.15. The van der Waals surface area contributed by atoms with Gasteiger partial charge in [0.05, 0.1) is 11.1 Å². The quantitative estimate of drug-likeness (QED) is 0.828. The van der Waals surface area contributed by atoms with Gasteiger partial charge < -0.3 is 5.11 Å². The van der Waals surface area contributed by atoms with Crippen LogP contribution >= 0.6 is 27.5 Å². The van der Waals surface area contributed by atoms with Crippen LogP contribution in [-0.2, 0) is 10.0 Å². The lowest BCUT2D eigenvalue weighted by molar-refractivity contribution is 0.205. The van der Waals surface area contributed by atoms with Crippen LogP contribution < -0.4 is 5.14 Å². The first kappa shape index (κ1) is 12.9. The molecule has 0 aliphatic rings. The van der Waals surface area contributed by atoms with Crippen molar-refractivity contribution < 1.29 is 13.5 Å². The number of benzene rings is 1. The third kappa shape index (κ3) is 3.15. The van der Waals surface area contributed by atoms with Crippen LogP contribution in [0.4, 0.5) is 0 Å². The molecule has 0 spiro atoms. The van der Waals surface area contributed by atoms with Crippen molar-refractivity contribution in [2.45, 2.75) is 11.0 Å². The number of alkyl halides is 1. The summed E-state index contributed by atoms with van der Waals surface area (Å²) < 4.78 is 22.2. The molecular formula is C8H9BrClNO3S. The van der Waals surface area contributed by atoms with Gasteiger partial charge in [0.15, 0.2) is 0 Å². The van der Waals surface area contributed by atoms with E-state index in [-0.39, 0.29) is 9.92 Å². The molecule has 15 heavy (non-hydrogen) atoms. The summed E-state index contributed by atoms with van der Waals surface area (Å²) in [6.07, 6.45) is -0.789. The summed E-state index contributed by atoms with van der Waals surface area (Å²) in [5.41, 5.74) is 0.445. The van der Waals surface area contributed by atoms with Gasteiger partial charge in [-0.05, 0) is 17.7 Å². The standard InChI is InChI=1S/C8H9BrClNO3S/c9-4-7(12)5-1-2-6(10)8(3-5)15(11,13)14/h1-3,7,12H,4H2,(H2,11,13,14). The van der Waals surface area contributed by atoms with E-state index in [1.54, 1.807) is 6.07 Å². The van der Waals surface area contributed by atoms with Crippen LogP contribution in [0.3, 0.4) is 0 Å². The maximum absolute atomic E-state index is 11.1. The van der Waals surface area contributed by atoms with E-state index in [1.165, 1.54) is 12.1 Å². The van der Waals surface area contributed by atoms with Gasteiger partial charge in [0.1, 0.15) is 4.90 Å². The Balaban J connectivity index is 3.29. The van der Waals surface area contributed by atoms with Crippen molar-refractivity contribution in [2.24, 2.45) is 5.14 Å². The van der Waals surface area contributed by atoms with Crippen LogP contribution in [-0.4, -0.2) is 18.9 Å². The van der Waals surface area contributed by atoms with Gasteiger partial charge in [-0.3, -0.25) is 0 Å². The summed E-state index contributed by atoms with van der Waals surface area (Å²) in [6, 6.07) is 4.20. The van der Waals surface area contributed by atoms with Crippen LogP contribution in [0.1, 0.15) is 11.7 Å². The second-order valence-corrected chi connectivity index (χ2v) is 5.49. The molecule has 0 aliphatic carbocycles. The first-order valence-corrected chi connectivity index (χ1v) is 6.97. The number of hydrogen-bond acceptors (Lipinski definition) is 3. The van der Waals surface area contributed by atoms with Crippen LogP contribution in [0, 0.1) is 0 Å². The minimum atomic E-state index is -3.86. The van der Waals surface area contributed by atoms with Gasteiger partial charge in [-0.1, -0.05) is 33.6 Å². The fourth-order valence-electron chi connectivity index (χ4n) is 1.03. The zero-order valence-electron chi connectivity index (χ0n) is 7.52. The Morgan fingerprint density at radius 1 is 1.53 bits per heavy atom. The Morgan fingerprint density at radius 3 is 2.60 bits per heavy atom. The van der Waals surface area contributed by atoms with Crippen LogP contribution in [0.5, 0.6) is 0 Å². The number of rotatable bonds is 3. The molecule has 0 radical (unpaired) electrons. The van der Waals surface area contributed by atoms with E-state index in [0.29, 0.717) is 10.9 Å². The van der Waals surface area contributed by atoms with Crippen molar-refractivity contribution >= 4 is 37.6 Å². The van der Waals surface area contributed by atoms with Gasteiger partial charge in [0.2, 0.25) is 10.0 Å². The molecule has 0 saturated carbocycles. The zero-order chi connectivity index (χ0) is 11.6. The monoisotopic (exact) mass is 313 g/mol. The molecule has 0 aliphatic heterocycles. The van der Waals surface area contributed by atoms with Crippen LogP contribution in [0.2, 0.25) is 5.02 Å². The van der Waals surface area contributed by atoms with E-state index >= 15 is 0 Å². The predicted molar refractivity (Wildman–Crippen MR) is 61.6 cm³/mol. The van der Waals surface area contributed by atoms with E-state index in [1.807, 2.05) is 0 Å². The largest absolute Gasteiger partial charge is 0.388 e. The normalized spacial score (nSPS) is 13.9. The lowest BCUT2D eigenvalue weighted by atomic mass is 10.1. The summed E-state index contributed by atoms with van der Waals surface area (Å²) in [4.78, 5) is -0.179. The molecule has 0 bridgehead atoms. The minimum Gasteiger partial charge on any atom is -0.388 e. The van der Waals surface area contributed by atoms with Crippen molar-refractivity contribution in [3.63, 3.8) is 0 Å². The van der Waals surface area contributed by atoms with Gasteiger partial charge in [-0.15, -0.1) is 0 Å². The van der Waals surface area contributed by atoms with Crippen molar-refractivity contribution in [2.75, 3.05) is 5.33 Å². The Bertz CT molecular complexity index is 463. The highest BCUT2D eigenvalue weighted by Crippen LogP contribution is 2.25. The van der Waals surface area contributed by atoms with Gasteiger partial charge in [0, 0.05) is 5.33 Å². The first-order chi connectivity index (χ1) is 6.86. The Labute approximate surface area is 101 Å². The van der Waals surface area contributed by atoms with E-state index in [2.05, 4.69) is 15.9 Å². The second-order valence-electron chi connectivity index (χ2n) is 2.90. The third-order valence-corrected chi connectivity index (χ3v) is 3.80. The van der Waals surface area contributed by atoms with E-state index in [9.17, 15) is 13.5 Å². The van der Waals surface area contributed by atoms with Crippen LogP contribution in [0.25, 0.3) is 0 Å². The first-order valence-electron chi connectivity index (χ1n) is 3.92. The Morgan fingerprint density at radius 2 is 2.13 bits per heavy atom. The molecule has 0 aromatic heterocycles. The second kappa shape index (κ2) is 4.80. The molecular weight excluding hydrogens is 306 g/mol. The highest BCUT2D eigenvalue weighted by molar-refractivity contribution is 9.09. The minimum absolute atomic E-state index is 0.0445. The molecule has 1 rings (SSSR count). The van der Waals surface area contributed by atoms with Crippen molar-refractivity contribution in [1.82, 2.24) is 0 Å². The SMILES string of the molecule is NS(=O)(=O)c1cc(C(O)CBr)ccc1Cl. The van der Waals surface area contributed by atoms with Crippen molar-refractivity contribution in [3.8, 4) is 0 Å². The number of halogens is 2. The van der Waals surface area contributed by atoms with Gasteiger partial charge in [0.25, 0.3) is 0 Å². The summed E-state index contributed by atoms with van der Waals surface area (Å²) in [5.74, 6) is 0. The molecule has 0 heterocycles. The number of aliphatic hydroxyl groups excluding tert-OH is 1. The fraction of sp³-hybridized carbons (Fsp3) is 0.250. The van der Waals surface area contributed by atoms with Crippen molar-refractivity contribution in [3.05, 3.63) is 28.8 Å².